The number of hydrogen-bond donors (Lipinski definition) is 2. The Hall–Kier alpha value is -2.06. The summed E-state index contributed by atoms with van der Waals surface area (Å²) in [5.41, 5.74) is 5.13. The van der Waals surface area contributed by atoms with Crippen molar-refractivity contribution in [1.29, 1.82) is 0 Å². The molecule has 0 spiro atoms. The summed E-state index contributed by atoms with van der Waals surface area (Å²) in [5, 5.41) is 14.0. The summed E-state index contributed by atoms with van der Waals surface area (Å²) in [5.74, 6) is 0.595. The van der Waals surface area contributed by atoms with Gasteiger partial charge in [0.1, 0.15) is 5.75 Å². The van der Waals surface area contributed by atoms with Crippen LogP contribution >= 0.6 is 31.9 Å². The van der Waals surface area contributed by atoms with Crippen molar-refractivity contribution in [3.63, 3.8) is 0 Å². The molecule has 2 rings (SSSR count). The molecule has 0 aliphatic heterocycles. The van der Waals surface area contributed by atoms with Gasteiger partial charge in [-0.3, -0.25) is 4.79 Å². The number of carbonyl (C=O) groups excluding carboxylic acids is 1. The second kappa shape index (κ2) is 9.75. The number of phenols is 1. The van der Waals surface area contributed by atoms with Gasteiger partial charge in [-0.25, -0.2) is 5.43 Å². The number of halogens is 2. The van der Waals surface area contributed by atoms with E-state index in [4.69, 9.17) is 9.47 Å². The van der Waals surface area contributed by atoms with Gasteiger partial charge in [0.25, 0.3) is 5.91 Å². The number of carbonyl (C=O) groups is 1. The maximum Gasteiger partial charge on any atom is 0.277 e. The minimum absolute atomic E-state index is 0.00756. The van der Waals surface area contributed by atoms with E-state index in [-0.39, 0.29) is 18.3 Å². The fraction of sp³-hybridized carbons (Fsp3) is 0.263. The molecule has 8 heteroatoms. The first-order chi connectivity index (χ1) is 12.8. The van der Waals surface area contributed by atoms with Gasteiger partial charge in [-0.1, -0.05) is 12.1 Å². The van der Waals surface area contributed by atoms with Crippen molar-refractivity contribution in [2.24, 2.45) is 5.10 Å². The van der Waals surface area contributed by atoms with Crippen molar-refractivity contribution in [1.82, 2.24) is 5.43 Å². The van der Waals surface area contributed by atoms with Gasteiger partial charge in [0.05, 0.1) is 17.3 Å². The smallest absolute Gasteiger partial charge is 0.277 e. The molecule has 27 heavy (non-hydrogen) atoms. The lowest BCUT2D eigenvalue weighted by Gasteiger charge is -2.11. The summed E-state index contributed by atoms with van der Waals surface area (Å²) in [7, 11) is 0. The summed E-state index contributed by atoms with van der Waals surface area (Å²) >= 11 is 6.66. The molecule has 1 amide bonds. The van der Waals surface area contributed by atoms with Crippen molar-refractivity contribution < 1.29 is 19.4 Å². The molecular formula is C19H20Br2N2O4. The number of phenolic OH excluding ortho intramolecular Hbond substituents is 1. The number of amides is 1. The maximum absolute atomic E-state index is 11.9. The second-order valence-electron chi connectivity index (χ2n) is 5.65. The van der Waals surface area contributed by atoms with Crippen LogP contribution in [0.2, 0.25) is 0 Å². The Balaban J connectivity index is 2.00. The fourth-order valence-corrected chi connectivity index (χ4v) is 3.03. The van der Waals surface area contributed by atoms with Crippen LogP contribution in [0.25, 0.3) is 0 Å². The molecule has 144 valence electrons. The van der Waals surface area contributed by atoms with E-state index in [1.165, 1.54) is 6.21 Å². The van der Waals surface area contributed by atoms with Crippen LogP contribution in [0.1, 0.15) is 23.6 Å². The van der Waals surface area contributed by atoms with E-state index < -0.39 is 0 Å². The summed E-state index contributed by atoms with van der Waals surface area (Å²) in [6.45, 7) is 6.00. The molecule has 0 heterocycles. The first-order valence-corrected chi connectivity index (χ1v) is 9.78. The van der Waals surface area contributed by atoms with E-state index in [2.05, 4.69) is 42.4 Å². The quantitative estimate of drug-likeness (QED) is 0.435. The number of nitrogens with zero attached hydrogens (tertiary/aromatic N) is 1. The highest BCUT2D eigenvalue weighted by atomic mass is 79.9. The van der Waals surface area contributed by atoms with E-state index in [1.54, 1.807) is 6.07 Å². The number of benzene rings is 2. The van der Waals surface area contributed by atoms with Crippen molar-refractivity contribution in [3.8, 4) is 17.2 Å². The van der Waals surface area contributed by atoms with Crippen molar-refractivity contribution >= 4 is 44.0 Å². The van der Waals surface area contributed by atoms with Gasteiger partial charge in [0.2, 0.25) is 0 Å². The number of aryl methyl sites for hydroxylation is 1. The molecule has 6 nitrogen and oxygen atoms in total. The molecule has 0 saturated heterocycles. The summed E-state index contributed by atoms with van der Waals surface area (Å²) in [4.78, 5) is 11.9. The van der Waals surface area contributed by atoms with Crippen molar-refractivity contribution in [2.45, 2.75) is 20.8 Å². The standard InChI is InChI=1S/C19H20Br2N2O4/c1-4-26-15-8-13(17(20)18(21)19(15)25)9-22-23-16(24)10-27-14-7-5-6-11(2)12(14)3/h5-9,25H,4,10H2,1-3H3,(H,23,24). The zero-order valence-corrected chi connectivity index (χ0v) is 18.3. The van der Waals surface area contributed by atoms with Gasteiger partial charge in [-0.15, -0.1) is 0 Å². The molecule has 2 aromatic rings. The van der Waals surface area contributed by atoms with Crippen LogP contribution in [0.4, 0.5) is 0 Å². The van der Waals surface area contributed by atoms with E-state index in [9.17, 15) is 9.90 Å². The van der Waals surface area contributed by atoms with E-state index in [1.807, 2.05) is 39.0 Å². The highest BCUT2D eigenvalue weighted by Gasteiger charge is 2.14. The normalized spacial score (nSPS) is 10.9. The van der Waals surface area contributed by atoms with Crippen LogP contribution in [0.3, 0.4) is 0 Å². The fourth-order valence-electron chi connectivity index (χ4n) is 2.20. The number of rotatable bonds is 7. The highest BCUT2D eigenvalue weighted by molar-refractivity contribution is 9.13. The van der Waals surface area contributed by atoms with Gasteiger partial charge in [0.15, 0.2) is 18.1 Å². The third-order valence-corrected chi connectivity index (χ3v) is 5.94. The van der Waals surface area contributed by atoms with Crippen LogP contribution in [-0.2, 0) is 4.79 Å². The molecule has 2 N–H and O–H groups in total. The molecular weight excluding hydrogens is 480 g/mol. The van der Waals surface area contributed by atoms with Crippen molar-refractivity contribution in [2.75, 3.05) is 13.2 Å². The van der Waals surface area contributed by atoms with E-state index >= 15 is 0 Å². The van der Waals surface area contributed by atoms with E-state index in [0.29, 0.717) is 32.6 Å². The number of aromatic hydroxyl groups is 1. The Labute approximate surface area is 174 Å². The predicted octanol–water partition coefficient (Wildman–Crippen LogP) is 4.46. The minimum atomic E-state index is -0.383. The summed E-state index contributed by atoms with van der Waals surface area (Å²) in [6.07, 6.45) is 1.45. The van der Waals surface area contributed by atoms with Crippen LogP contribution in [0.5, 0.6) is 17.2 Å². The lowest BCUT2D eigenvalue weighted by Crippen LogP contribution is -2.24. The predicted molar refractivity (Wildman–Crippen MR) is 112 cm³/mol. The van der Waals surface area contributed by atoms with Gasteiger partial charge in [-0.05, 0) is 75.9 Å². The van der Waals surface area contributed by atoms with Crippen LogP contribution in [-0.4, -0.2) is 30.4 Å². The van der Waals surface area contributed by atoms with Gasteiger partial charge < -0.3 is 14.6 Å². The average Bonchev–Trinajstić information content (AvgIpc) is 2.65. The topological polar surface area (TPSA) is 80.2 Å². The Morgan fingerprint density at radius 3 is 2.67 bits per heavy atom. The Bertz CT molecular complexity index is 869. The van der Waals surface area contributed by atoms with Gasteiger partial charge in [-0.2, -0.15) is 5.10 Å². The van der Waals surface area contributed by atoms with Crippen LogP contribution in [0, 0.1) is 13.8 Å². The molecule has 0 unspecified atom stereocenters. The Kier molecular flexibility index (Phi) is 7.67. The maximum atomic E-state index is 11.9. The molecule has 2 aromatic carbocycles. The van der Waals surface area contributed by atoms with Crippen LogP contribution < -0.4 is 14.9 Å². The lowest BCUT2D eigenvalue weighted by atomic mass is 10.1. The third-order valence-electron chi connectivity index (χ3n) is 3.78. The molecule has 0 radical (unpaired) electrons. The monoisotopic (exact) mass is 498 g/mol. The van der Waals surface area contributed by atoms with Gasteiger partial charge >= 0.3 is 0 Å². The zero-order chi connectivity index (χ0) is 20.0. The molecule has 0 bridgehead atoms. The summed E-state index contributed by atoms with van der Waals surface area (Å²) in [6, 6.07) is 7.30. The molecule has 0 fully saturated rings. The molecule has 0 aromatic heterocycles. The number of hydrazone groups is 1. The Morgan fingerprint density at radius 1 is 1.22 bits per heavy atom. The largest absolute Gasteiger partial charge is 0.503 e. The Morgan fingerprint density at radius 2 is 1.96 bits per heavy atom. The molecule has 0 saturated carbocycles. The minimum Gasteiger partial charge on any atom is -0.503 e. The van der Waals surface area contributed by atoms with Gasteiger partial charge in [0, 0.05) is 10.0 Å². The zero-order valence-electron chi connectivity index (χ0n) is 15.2. The number of hydrogen-bond acceptors (Lipinski definition) is 5. The average molecular weight is 500 g/mol. The molecule has 0 atom stereocenters. The van der Waals surface area contributed by atoms with Crippen molar-refractivity contribution in [3.05, 3.63) is 49.9 Å². The highest BCUT2D eigenvalue weighted by Crippen LogP contribution is 2.41. The first-order valence-electron chi connectivity index (χ1n) is 8.19. The molecule has 0 aliphatic carbocycles. The number of ether oxygens (including phenoxy) is 2. The third kappa shape index (κ3) is 5.46. The van der Waals surface area contributed by atoms with Crippen LogP contribution in [0.15, 0.2) is 38.3 Å². The molecule has 0 aliphatic rings. The van der Waals surface area contributed by atoms with E-state index in [0.717, 1.165) is 11.1 Å². The second-order valence-corrected chi connectivity index (χ2v) is 7.24. The first kappa shape index (κ1) is 21.2. The lowest BCUT2D eigenvalue weighted by molar-refractivity contribution is -0.123. The summed E-state index contributed by atoms with van der Waals surface area (Å²) < 4.78 is 11.9. The number of nitrogens with one attached hydrogen (secondary N) is 1. The SMILES string of the molecule is CCOc1cc(C=NNC(=O)COc2cccc(C)c2C)c(Br)c(Br)c1O.